The number of aliphatic hydroxyl groups is 1. The molecule has 0 bridgehead atoms. The molecule has 1 heterocycles. The van der Waals surface area contributed by atoms with Gasteiger partial charge >= 0.3 is 0 Å². The number of halogens is 1. The van der Waals surface area contributed by atoms with Gasteiger partial charge in [0.2, 0.25) is 0 Å². The van der Waals surface area contributed by atoms with E-state index in [0.29, 0.717) is 0 Å². The van der Waals surface area contributed by atoms with Crippen molar-refractivity contribution in [2.45, 2.75) is 52.1 Å². The van der Waals surface area contributed by atoms with Crippen LogP contribution in [0.5, 0.6) is 0 Å². The Morgan fingerprint density at radius 1 is 1.40 bits per heavy atom. The molecule has 0 saturated carbocycles. The molecule has 86 valence electrons. The number of hydrogen-bond donors (Lipinski definition) is 1. The molecule has 1 rings (SSSR count). The molecule has 0 radical (unpaired) electrons. The molecular formula is C12H19BrOS. The predicted molar refractivity (Wildman–Crippen MR) is 70.5 cm³/mol. The van der Waals surface area contributed by atoms with Gasteiger partial charge in [-0.2, -0.15) is 0 Å². The van der Waals surface area contributed by atoms with E-state index in [2.05, 4.69) is 35.8 Å². The fourth-order valence-electron chi connectivity index (χ4n) is 1.55. The molecule has 0 saturated heterocycles. The van der Waals surface area contributed by atoms with Crippen molar-refractivity contribution in [2.75, 3.05) is 0 Å². The third kappa shape index (κ3) is 4.25. The zero-order chi connectivity index (χ0) is 11.3. The lowest BCUT2D eigenvalue weighted by molar-refractivity contribution is 0.167. The first-order valence-corrected chi connectivity index (χ1v) is 7.20. The van der Waals surface area contributed by atoms with E-state index in [9.17, 15) is 5.11 Å². The highest BCUT2D eigenvalue weighted by atomic mass is 79.9. The van der Waals surface area contributed by atoms with Crippen LogP contribution in [0.4, 0.5) is 0 Å². The Morgan fingerprint density at radius 2 is 2.13 bits per heavy atom. The van der Waals surface area contributed by atoms with E-state index < -0.39 is 0 Å². The number of aliphatic hydroxyl groups excluding tert-OH is 1. The second kappa shape index (κ2) is 6.66. The molecular weight excluding hydrogens is 272 g/mol. The molecule has 0 aliphatic carbocycles. The summed E-state index contributed by atoms with van der Waals surface area (Å²) in [6.07, 6.45) is 5.52. The smallest absolute Gasteiger partial charge is 0.0882 e. The summed E-state index contributed by atoms with van der Waals surface area (Å²) in [5.74, 6) is 0. The highest BCUT2D eigenvalue weighted by Crippen LogP contribution is 2.33. The van der Waals surface area contributed by atoms with Crippen LogP contribution in [0.1, 0.15) is 55.6 Å². The highest BCUT2D eigenvalue weighted by Gasteiger charge is 2.11. The Balaban J connectivity index is 2.36. The first kappa shape index (κ1) is 13.2. The lowest BCUT2D eigenvalue weighted by Crippen LogP contribution is -1.94. The summed E-state index contributed by atoms with van der Waals surface area (Å²) in [6.45, 7) is 4.27. The molecule has 3 heteroatoms. The fraction of sp³-hybridized carbons (Fsp3) is 0.667. The maximum atomic E-state index is 9.95. The molecule has 1 nitrogen and oxygen atoms in total. The average molecular weight is 291 g/mol. The molecule has 1 aromatic heterocycles. The van der Waals surface area contributed by atoms with Crippen molar-refractivity contribution in [3.63, 3.8) is 0 Å². The van der Waals surface area contributed by atoms with Gasteiger partial charge in [0.25, 0.3) is 0 Å². The molecule has 1 atom stereocenters. The van der Waals surface area contributed by atoms with Gasteiger partial charge < -0.3 is 5.11 Å². The highest BCUT2D eigenvalue weighted by molar-refractivity contribution is 9.11. The minimum Gasteiger partial charge on any atom is -0.388 e. The third-order valence-electron chi connectivity index (χ3n) is 2.54. The zero-order valence-electron chi connectivity index (χ0n) is 9.42. The molecule has 0 spiro atoms. The summed E-state index contributed by atoms with van der Waals surface area (Å²) in [6, 6.07) is 2.08. The zero-order valence-corrected chi connectivity index (χ0v) is 11.8. The van der Waals surface area contributed by atoms with Crippen LogP contribution < -0.4 is 0 Å². The average Bonchev–Trinajstić information content (AvgIpc) is 2.54. The molecule has 1 unspecified atom stereocenters. The fourth-order valence-corrected chi connectivity index (χ4v) is 3.15. The van der Waals surface area contributed by atoms with Crippen molar-refractivity contribution >= 4 is 27.3 Å². The second-order valence-corrected chi connectivity index (χ2v) is 6.37. The molecule has 1 N–H and O–H groups in total. The van der Waals surface area contributed by atoms with Gasteiger partial charge in [0.05, 0.1) is 9.89 Å². The van der Waals surface area contributed by atoms with Crippen LogP contribution in [0.2, 0.25) is 0 Å². The van der Waals surface area contributed by atoms with Gasteiger partial charge in [-0.25, -0.2) is 0 Å². The topological polar surface area (TPSA) is 20.2 Å². The lowest BCUT2D eigenvalue weighted by Gasteiger charge is -2.07. The predicted octanol–water partition coefficient (Wildman–Crippen LogP) is 4.82. The van der Waals surface area contributed by atoms with Crippen molar-refractivity contribution in [3.05, 3.63) is 20.3 Å². The van der Waals surface area contributed by atoms with Crippen LogP contribution in [0, 0.1) is 6.92 Å². The van der Waals surface area contributed by atoms with Crippen LogP contribution in [0.25, 0.3) is 0 Å². The lowest BCUT2D eigenvalue weighted by atomic mass is 10.1. The maximum Gasteiger partial charge on any atom is 0.0882 e. The minimum atomic E-state index is -0.267. The van der Waals surface area contributed by atoms with Crippen LogP contribution in [-0.2, 0) is 0 Å². The van der Waals surface area contributed by atoms with Gasteiger partial charge in [-0.15, -0.1) is 11.3 Å². The Kier molecular flexibility index (Phi) is 5.87. The maximum absolute atomic E-state index is 9.95. The third-order valence-corrected chi connectivity index (χ3v) is 4.77. The number of thiophene rings is 1. The quantitative estimate of drug-likeness (QED) is 0.745. The van der Waals surface area contributed by atoms with Crippen LogP contribution in [0.3, 0.4) is 0 Å². The summed E-state index contributed by atoms with van der Waals surface area (Å²) in [4.78, 5) is 1.09. The van der Waals surface area contributed by atoms with Crippen LogP contribution >= 0.6 is 27.3 Å². The van der Waals surface area contributed by atoms with E-state index in [-0.39, 0.29) is 6.10 Å². The van der Waals surface area contributed by atoms with Crippen LogP contribution in [-0.4, -0.2) is 5.11 Å². The second-order valence-electron chi connectivity index (χ2n) is 3.97. The first-order chi connectivity index (χ1) is 7.15. The van der Waals surface area contributed by atoms with E-state index in [1.165, 1.54) is 24.8 Å². The molecule has 0 aliphatic heterocycles. The minimum absolute atomic E-state index is 0.267. The summed E-state index contributed by atoms with van der Waals surface area (Å²) in [5, 5.41) is 9.95. The molecule has 15 heavy (non-hydrogen) atoms. The van der Waals surface area contributed by atoms with Crippen molar-refractivity contribution in [1.82, 2.24) is 0 Å². The van der Waals surface area contributed by atoms with E-state index in [1.54, 1.807) is 11.3 Å². The Hall–Kier alpha value is 0.140. The van der Waals surface area contributed by atoms with E-state index >= 15 is 0 Å². The molecule has 1 aromatic rings. The van der Waals surface area contributed by atoms with Crippen molar-refractivity contribution < 1.29 is 5.11 Å². The summed E-state index contributed by atoms with van der Waals surface area (Å²) < 4.78 is 1.14. The van der Waals surface area contributed by atoms with Gasteiger partial charge in [0.1, 0.15) is 0 Å². The van der Waals surface area contributed by atoms with Gasteiger partial charge in [-0.3, -0.25) is 0 Å². The summed E-state index contributed by atoms with van der Waals surface area (Å²) in [7, 11) is 0. The number of unbranched alkanes of at least 4 members (excludes halogenated alkanes) is 3. The molecule has 0 aromatic carbocycles. The SMILES string of the molecule is CCCCCCC(O)c1cc(C)c(Br)s1. The monoisotopic (exact) mass is 290 g/mol. The Morgan fingerprint density at radius 3 is 2.67 bits per heavy atom. The first-order valence-electron chi connectivity index (χ1n) is 5.59. The normalized spacial score (nSPS) is 13.1. The van der Waals surface area contributed by atoms with Crippen LogP contribution in [0.15, 0.2) is 9.85 Å². The molecule has 0 amide bonds. The molecule has 0 aliphatic rings. The summed E-state index contributed by atoms with van der Waals surface area (Å²) in [5.41, 5.74) is 1.22. The van der Waals surface area contributed by atoms with Gasteiger partial charge in [0, 0.05) is 4.88 Å². The van der Waals surface area contributed by atoms with Crippen molar-refractivity contribution in [3.8, 4) is 0 Å². The standard InChI is InChI=1S/C12H19BrOS/c1-3-4-5-6-7-10(14)11-8-9(2)12(13)15-11/h8,10,14H,3-7H2,1-2H3. The van der Waals surface area contributed by atoms with Gasteiger partial charge in [0.15, 0.2) is 0 Å². The van der Waals surface area contributed by atoms with Crippen molar-refractivity contribution in [1.29, 1.82) is 0 Å². The largest absolute Gasteiger partial charge is 0.388 e. The van der Waals surface area contributed by atoms with E-state index in [1.807, 2.05) is 0 Å². The van der Waals surface area contributed by atoms with E-state index in [0.717, 1.165) is 21.5 Å². The number of hydrogen-bond acceptors (Lipinski definition) is 2. The number of rotatable bonds is 6. The van der Waals surface area contributed by atoms with Gasteiger partial charge in [-0.1, -0.05) is 32.6 Å². The van der Waals surface area contributed by atoms with Crippen molar-refractivity contribution in [2.24, 2.45) is 0 Å². The Labute approximate surface area is 105 Å². The van der Waals surface area contributed by atoms with Gasteiger partial charge in [-0.05, 0) is 40.9 Å². The summed E-state index contributed by atoms with van der Waals surface area (Å²) >= 11 is 5.14. The van der Waals surface area contributed by atoms with E-state index in [4.69, 9.17) is 0 Å². The molecule has 0 fully saturated rings. The number of aryl methyl sites for hydroxylation is 1. The Bertz CT molecular complexity index is 276.